The van der Waals surface area contributed by atoms with Gasteiger partial charge in [0.1, 0.15) is 12.4 Å². The minimum absolute atomic E-state index is 0.239. The van der Waals surface area contributed by atoms with Crippen LogP contribution in [0.25, 0.3) is 0 Å². The monoisotopic (exact) mass is 177 g/mol. The van der Waals surface area contributed by atoms with Gasteiger partial charge in [0.2, 0.25) is 0 Å². The fourth-order valence-electron chi connectivity index (χ4n) is 0.995. The number of hydroxylamine groups is 1. The number of terminal acetylenes is 1. The standard InChI is InChI=1S/C10H11NO2/c1-2-7-13-10-6-4-3-5-9(10)8-11-12/h1,3-6,11-12H,7-8H2. The second-order valence-corrected chi connectivity index (χ2v) is 2.44. The van der Waals surface area contributed by atoms with Gasteiger partial charge in [-0.2, -0.15) is 0 Å². The number of rotatable bonds is 4. The van der Waals surface area contributed by atoms with Crippen molar-refractivity contribution in [3.8, 4) is 18.1 Å². The Labute approximate surface area is 77.3 Å². The fraction of sp³-hybridized carbons (Fsp3) is 0.200. The first-order valence-corrected chi connectivity index (χ1v) is 3.89. The molecule has 3 nitrogen and oxygen atoms in total. The summed E-state index contributed by atoms with van der Waals surface area (Å²) in [6, 6.07) is 7.39. The van der Waals surface area contributed by atoms with Gasteiger partial charge < -0.3 is 9.94 Å². The summed E-state index contributed by atoms with van der Waals surface area (Å²) in [6.07, 6.45) is 5.06. The summed E-state index contributed by atoms with van der Waals surface area (Å²) in [5, 5.41) is 8.52. The molecule has 0 heterocycles. The van der Waals surface area contributed by atoms with Crippen LogP contribution in [0, 0.1) is 12.3 Å². The molecule has 1 aromatic rings. The van der Waals surface area contributed by atoms with Gasteiger partial charge in [0, 0.05) is 12.1 Å². The third-order valence-electron chi connectivity index (χ3n) is 1.55. The van der Waals surface area contributed by atoms with Gasteiger partial charge in [-0.15, -0.1) is 6.42 Å². The van der Waals surface area contributed by atoms with E-state index in [9.17, 15) is 0 Å². The van der Waals surface area contributed by atoms with E-state index in [0.717, 1.165) is 5.56 Å². The molecule has 0 saturated carbocycles. The van der Waals surface area contributed by atoms with Crippen LogP contribution in [-0.2, 0) is 6.54 Å². The molecule has 0 aliphatic heterocycles. The third kappa shape index (κ3) is 2.79. The first kappa shape index (κ1) is 9.59. The number of hydrogen-bond donors (Lipinski definition) is 2. The molecular formula is C10H11NO2. The van der Waals surface area contributed by atoms with E-state index in [0.29, 0.717) is 12.3 Å². The Balaban J connectivity index is 2.73. The molecule has 0 unspecified atom stereocenters. The Bertz CT molecular complexity index is 304. The van der Waals surface area contributed by atoms with Crippen molar-refractivity contribution in [1.82, 2.24) is 5.48 Å². The zero-order valence-electron chi connectivity index (χ0n) is 7.16. The summed E-state index contributed by atoms with van der Waals surface area (Å²) in [5.41, 5.74) is 2.94. The quantitative estimate of drug-likeness (QED) is 0.536. The molecule has 0 atom stereocenters. The van der Waals surface area contributed by atoms with Crippen LogP contribution in [0.4, 0.5) is 0 Å². The molecule has 0 saturated heterocycles. The van der Waals surface area contributed by atoms with Crippen molar-refractivity contribution in [3.63, 3.8) is 0 Å². The molecule has 3 heteroatoms. The normalized spacial score (nSPS) is 9.23. The van der Waals surface area contributed by atoms with Crippen LogP contribution < -0.4 is 10.2 Å². The Morgan fingerprint density at radius 1 is 1.46 bits per heavy atom. The van der Waals surface area contributed by atoms with E-state index in [1.807, 2.05) is 24.3 Å². The zero-order chi connectivity index (χ0) is 9.52. The maximum atomic E-state index is 8.52. The van der Waals surface area contributed by atoms with Gasteiger partial charge in [0.15, 0.2) is 0 Å². The first-order chi connectivity index (χ1) is 6.38. The van der Waals surface area contributed by atoms with Gasteiger partial charge in [-0.25, -0.2) is 5.48 Å². The van der Waals surface area contributed by atoms with Crippen LogP contribution in [0.2, 0.25) is 0 Å². The lowest BCUT2D eigenvalue weighted by atomic mass is 10.2. The number of hydrogen-bond acceptors (Lipinski definition) is 3. The van der Waals surface area contributed by atoms with Crippen LogP contribution in [0.15, 0.2) is 24.3 Å². The largest absolute Gasteiger partial charge is 0.481 e. The SMILES string of the molecule is C#CCOc1ccccc1CNO. The Hall–Kier alpha value is -1.50. The maximum Gasteiger partial charge on any atom is 0.148 e. The highest BCUT2D eigenvalue weighted by molar-refractivity contribution is 5.33. The highest BCUT2D eigenvalue weighted by Crippen LogP contribution is 2.16. The lowest BCUT2D eigenvalue weighted by molar-refractivity contribution is 0.160. The van der Waals surface area contributed by atoms with Crippen molar-refractivity contribution in [2.75, 3.05) is 6.61 Å². The van der Waals surface area contributed by atoms with Gasteiger partial charge in [0.05, 0.1) is 0 Å². The van der Waals surface area contributed by atoms with Gasteiger partial charge in [-0.05, 0) is 6.07 Å². The fourth-order valence-corrected chi connectivity index (χ4v) is 0.995. The molecule has 2 N–H and O–H groups in total. The van der Waals surface area contributed by atoms with Crippen LogP contribution in [-0.4, -0.2) is 11.8 Å². The molecule has 1 rings (SSSR count). The summed E-state index contributed by atoms with van der Waals surface area (Å²) in [7, 11) is 0. The number of benzene rings is 1. The van der Waals surface area contributed by atoms with Crippen molar-refractivity contribution in [2.45, 2.75) is 6.54 Å². The topological polar surface area (TPSA) is 41.5 Å². The molecule has 0 radical (unpaired) electrons. The minimum Gasteiger partial charge on any atom is -0.481 e. The highest BCUT2D eigenvalue weighted by atomic mass is 16.5. The third-order valence-corrected chi connectivity index (χ3v) is 1.55. The number of nitrogens with one attached hydrogen (secondary N) is 1. The molecule has 0 amide bonds. The molecule has 0 aliphatic carbocycles. The van der Waals surface area contributed by atoms with E-state index in [2.05, 4.69) is 11.4 Å². The molecule has 0 aliphatic rings. The summed E-state index contributed by atoms with van der Waals surface area (Å²) in [4.78, 5) is 0. The summed E-state index contributed by atoms with van der Waals surface area (Å²) in [5.74, 6) is 3.08. The van der Waals surface area contributed by atoms with E-state index >= 15 is 0 Å². The summed E-state index contributed by atoms with van der Waals surface area (Å²) >= 11 is 0. The van der Waals surface area contributed by atoms with Crippen molar-refractivity contribution < 1.29 is 9.94 Å². The van der Waals surface area contributed by atoms with Crippen LogP contribution >= 0.6 is 0 Å². The van der Waals surface area contributed by atoms with Crippen LogP contribution in [0.5, 0.6) is 5.75 Å². The van der Waals surface area contributed by atoms with Crippen molar-refractivity contribution in [3.05, 3.63) is 29.8 Å². The predicted octanol–water partition coefficient (Wildman–Crippen LogP) is 1.18. The second kappa shape index (κ2) is 5.20. The molecule has 0 aromatic heterocycles. The minimum atomic E-state index is 0.239. The van der Waals surface area contributed by atoms with Crippen LogP contribution in [0.3, 0.4) is 0 Å². The maximum absolute atomic E-state index is 8.52. The van der Waals surface area contributed by atoms with Gasteiger partial charge in [-0.1, -0.05) is 24.1 Å². The summed E-state index contributed by atoms with van der Waals surface area (Å²) in [6.45, 7) is 0.586. The zero-order valence-corrected chi connectivity index (χ0v) is 7.16. The molecule has 0 bridgehead atoms. The summed E-state index contributed by atoms with van der Waals surface area (Å²) < 4.78 is 5.25. The van der Waals surface area contributed by atoms with Gasteiger partial charge in [-0.3, -0.25) is 0 Å². The van der Waals surface area contributed by atoms with E-state index < -0.39 is 0 Å². The molecule has 1 aromatic carbocycles. The van der Waals surface area contributed by atoms with Gasteiger partial charge in [0.25, 0.3) is 0 Å². The molecule has 68 valence electrons. The molecule has 0 spiro atoms. The Kier molecular flexibility index (Phi) is 3.83. The van der Waals surface area contributed by atoms with Crippen molar-refractivity contribution in [2.24, 2.45) is 0 Å². The van der Waals surface area contributed by atoms with E-state index in [1.54, 1.807) is 0 Å². The van der Waals surface area contributed by atoms with Gasteiger partial charge >= 0.3 is 0 Å². The smallest absolute Gasteiger partial charge is 0.148 e. The highest BCUT2D eigenvalue weighted by Gasteiger charge is 2.00. The number of ether oxygens (including phenoxy) is 1. The average molecular weight is 177 g/mol. The average Bonchev–Trinajstić information content (AvgIpc) is 2.17. The number of para-hydroxylation sites is 1. The lowest BCUT2D eigenvalue weighted by Gasteiger charge is -2.07. The van der Waals surface area contributed by atoms with E-state index in [-0.39, 0.29) is 6.61 Å². The van der Waals surface area contributed by atoms with E-state index in [4.69, 9.17) is 16.4 Å². The van der Waals surface area contributed by atoms with Crippen molar-refractivity contribution in [1.29, 1.82) is 0 Å². The molecular weight excluding hydrogens is 166 g/mol. The Morgan fingerprint density at radius 3 is 2.92 bits per heavy atom. The molecule has 0 fully saturated rings. The first-order valence-electron chi connectivity index (χ1n) is 3.89. The lowest BCUT2D eigenvalue weighted by Crippen LogP contribution is -2.08. The predicted molar refractivity (Wildman–Crippen MR) is 49.4 cm³/mol. The molecule has 13 heavy (non-hydrogen) atoms. The van der Waals surface area contributed by atoms with Crippen LogP contribution in [0.1, 0.15) is 5.56 Å². The Morgan fingerprint density at radius 2 is 2.23 bits per heavy atom. The van der Waals surface area contributed by atoms with Crippen molar-refractivity contribution >= 4 is 0 Å². The second-order valence-electron chi connectivity index (χ2n) is 2.44. The van der Waals surface area contributed by atoms with E-state index in [1.165, 1.54) is 0 Å².